The molecule has 29 heavy (non-hydrogen) atoms. The van der Waals surface area contributed by atoms with E-state index in [1.807, 2.05) is 6.92 Å². The van der Waals surface area contributed by atoms with Gasteiger partial charge in [-0.15, -0.1) is 11.3 Å². The van der Waals surface area contributed by atoms with Gasteiger partial charge >= 0.3 is 0 Å². The molecule has 0 saturated heterocycles. The first-order valence-corrected chi connectivity index (χ1v) is 9.53. The number of fused-ring (bicyclic) bond motifs is 1. The van der Waals surface area contributed by atoms with E-state index in [0.29, 0.717) is 10.2 Å². The number of hydrogen-bond acceptors (Lipinski definition) is 7. The van der Waals surface area contributed by atoms with Gasteiger partial charge in [0.05, 0.1) is 10.3 Å². The van der Waals surface area contributed by atoms with Gasteiger partial charge in [0.15, 0.2) is 0 Å². The Morgan fingerprint density at radius 3 is 2.66 bits per heavy atom. The van der Waals surface area contributed by atoms with Crippen molar-refractivity contribution in [3.63, 3.8) is 0 Å². The number of carbonyl (C=O) groups is 2. The molecule has 2 N–H and O–H groups in total. The molecular weight excluding hydrogens is 398 g/mol. The number of hydrogen-bond donors (Lipinski definition) is 2. The third-order valence-electron chi connectivity index (χ3n) is 4.07. The highest BCUT2D eigenvalue weighted by molar-refractivity contribution is 7.18. The van der Waals surface area contributed by atoms with Crippen molar-refractivity contribution in [3.8, 4) is 0 Å². The van der Waals surface area contributed by atoms with E-state index in [9.17, 15) is 24.5 Å². The molecule has 0 unspecified atom stereocenters. The number of nitro benzene ring substituents is 1. The molecule has 0 aliphatic carbocycles. The Kier molecular flexibility index (Phi) is 5.98. The predicted molar refractivity (Wildman–Crippen MR) is 108 cm³/mol. The molecule has 11 heteroatoms. The molecule has 150 valence electrons. The molecule has 0 fully saturated rings. The maximum Gasteiger partial charge on any atom is 0.280 e. The summed E-state index contributed by atoms with van der Waals surface area (Å²) in [4.78, 5) is 52.4. The summed E-state index contributed by atoms with van der Waals surface area (Å²) in [6.07, 6.45) is 1.99. The molecule has 0 bridgehead atoms. The Bertz CT molecular complexity index is 1140. The number of aryl methyl sites for hydroxylation is 1. The topological polar surface area (TPSA) is 136 Å². The number of rotatable bonds is 7. The molecular formula is C18H17N5O5S. The van der Waals surface area contributed by atoms with Crippen molar-refractivity contribution in [1.29, 1.82) is 0 Å². The van der Waals surface area contributed by atoms with Gasteiger partial charge in [-0.1, -0.05) is 6.92 Å². The van der Waals surface area contributed by atoms with Gasteiger partial charge in [0, 0.05) is 35.5 Å². The van der Waals surface area contributed by atoms with Crippen LogP contribution in [0.15, 0.2) is 41.5 Å². The van der Waals surface area contributed by atoms with E-state index < -0.39 is 16.7 Å². The summed E-state index contributed by atoms with van der Waals surface area (Å²) >= 11 is 1.43. The molecule has 0 saturated carbocycles. The zero-order valence-corrected chi connectivity index (χ0v) is 16.2. The fraction of sp³-hybridized carbons (Fsp3) is 0.222. The summed E-state index contributed by atoms with van der Waals surface area (Å²) in [7, 11) is 0. The number of amides is 2. The largest absolute Gasteiger partial charge is 0.352 e. The molecule has 2 aromatic heterocycles. The number of nitrogens with one attached hydrogen (secondary N) is 2. The van der Waals surface area contributed by atoms with Crippen molar-refractivity contribution in [2.24, 2.45) is 0 Å². The van der Waals surface area contributed by atoms with Crippen LogP contribution in [0.25, 0.3) is 10.2 Å². The average molecular weight is 415 g/mol. The number of nitrogens with zero attached hydrogens (tertiary/aromatic N) is 3. The Morgan fingerprint density at radius 2 is 2.00 bits per heavy atom. The fourth-order valence-corrected chi connectivity index (χ4v) is 3.47. The lowest BCUT2D eigenvalue weighted by Crippen LogP contribution is -2.35. The smallest absolute Gasteiger partial charge is 0.280 e. The quantitative estimate of drug-likeness (QED) is 0.446. The summed E-state index contributed by atoms with van der Waals surface area (Å²) in [6, 6.07) is 6.89. The van der Waals surface area contributed by atoms with Crippen LogP contribution in [0, 0.1) is 10.1 Å². The lowest BCUT2D eigenvalue weighted by Gasteiger charge is -2.08. The van der Waals surface area contributed by atoms with Gasteiger partial charge in [0.25, 0.3) is 17.2 Å². The zero-order chi connectivity index (χ0) is 21.0. The Labute approximate surface area is 168 Å². The van der Waals surface area contributed by atoms with Gasteiger partial charge in [0.2, 0.25) is 5.91 Å². The van der Waals surface area contributed by atoms with Gasteiger partial charge in [-0.05, 0) is 24.6 Å². The van der Waals surface area contributed by atoms with Crippen molar-refractivity contribution in [2.45, 2.75) is 19.8 Å². The van der Waals surface area contributed by atoms with E-state index in [1.165, 1.54) is 41.9 Å². The van der Waals surface area contributed by atoms with Crippen molar-refractivity contribution in [3.05, 3.63) is 67.6 Å². The molecule has 0 aliphatic heterocycles. The van der Waals surface area contributed by atoms with E-state index in [0.717, 1.165) is 16.0 Å². The SMILES string of the molecule is CCc1cc2c(=O)n(NC(=O)CCNC(=O)c3ccc([N+](=O)[O-])cc3)cnc2s1. The van der Waals surface area contributed by atoms with Crippen LogP contribution in [0.5, 0.6) is 0 Å². The molecule has 0 spiro atoms. The van der Waals surface area contributed by atoms with Crippen molar-refractivity contribution in [1.82, 2.24) is 15.0 Å². The minimum atomic E-state index is -0.556. The van der Waals surface area contributed by atoms with Crippen molar-refractivity contribution >= 4 is 39.1 Å². The lowest BCUT2D eigenvalue weighted by molar-refractivity contribution is -0.384. The first-order valence-electron chi connectivity index (χ1n) is 8.71. The predicted octanol–water partition coefficient (Wildman–Crippen LogP) is 1.82. The van der Waals surface area contributed by atoms with Gasteiger partial charge in [0.1, 0.15) is 11.2 Å². The van der Waals surface area contributed by atoms with Crippen LogP contribution in [0.1, 0.15) is 28.6 Å². The highest BCUT2D eigenvalue weighted by Gasteiger charge is 2.12. The Morgan fingerprint density at radius 1 is 1.28 bits per heavy atom. The van der Waals surface area contributed by atoms with Crippen LogP contribution >= 0.6 is 11.3 Å². The maximum absolute atomic E-state index is 12.4. The number of non-ortho nitro benzene ring substituents is 1. The normalized spacial score (nSPS) is 10.7. The molecule has 10 nitrogen and oxygen atoms in total. The molecule has 1 aromatic carbocycles. The standard InChI is InChI=1S/C18H17N5O5S/c1-2-13-9-14-17(29-13)20-10-22(18(14)26)21-15(24)7-8-19-16(25)11-3-5-12(6-4-11)23(27)28/h3-6,9-10H,2,7-8H2,1H3,(H,19,25)(H,21,24). The first-order chi connectivity index (χ1) is 13.9. The van der Waals surface area contributed by atoms with Crippen LogP contribution in [0.3, 0.4) is 0 Å². The summed E-state index contributed by atoms with van der Waals surface area (Å²) in [5, 5.41) is 13.6. The number of benzene rings is 1. The number of nitro groups is 1. The molecule has 3 aromatic rings. The monoisotopic (exact) mass is 415 g/mol. The molecule has 0 radical (unpaired) electrons. The summed E-state index contributed by atoms with van der Waals surface area (Å²) in [6.45, 7) is 2.01. The fourth-order valence-electron chi connectivity index (χ4n) is 2.54. The third-order valence-corrected chi connectivity index (χ3v) is 5.26. The highest BCUT2D eigenvalue weighted by Crippen LogP contribution is 2.20. The molecule has 3 rings (SSSR count). The van der Waals surface area contributed by atoms with Gasteiger partial charge < -0.3 is 5.32 Å². The molecule has 2 heterocycles. The minimum Gasteiger partial charge on any atom is -0.352 e. The third kappa shape index (κ3) is 4.63. The molecule has 2 amide bonds. The van der Waals surface area contributed by atoms with Gasteiger partial charge in [-0.25, -0.2) is 9.66 Å². The van der Waals surface area contributed by atoms with E-state index >= 15 is 0 Å². The second kappa shape index (κ2) is 8.61. The van der Waals surface area contributed by atoms with Crippen molar-refractivity contribution in [2.75, 3.05) is 12.0 Å². The summed E-state index contributed by atoms with van der Waals surface area (Å²) in [5.41, 5.74) is 2.20. The Balaban J connectivity index is 1.55. The number of carbonyl (C=O) groups excluding carboxylic acids is 2. The van der Waals surface area contributed by atoms with Crippen LogP contribution in [-0.2, 0) is 11.2 Å². The zero-order valence-electron chi connectivity index (χ0n) is 15.4. The van der Waals surface area contributed by atoms with Crippen molar-refractivity contribution < 1.29 is 14.5 Å². The van der Waals surface area contributed by atoms with E-state index in [4.69, 9.17) is 0 Å². The van der Waals surface area contributed by atoms with Gasteiger partial charge in [-0.3, -0.25) is 29.9 Å². The lowest BCUT2D eigenvalue weighted by atomic mass is 10.2. The molecule has 0 aliphatic rings. The summed E-state index contributed by atoms with van der Waals surface area (Å²) in [5.74, 6) is -0.929. The number of aromatic nitrogens is 2. The summed E-state index contributed by atoms with van der Waals surface area (Å²) < 4.78 is 1.02. The van der Waals surface area contributed by atoms with E-state index in [2.05, 4.69) is 15.7 Å². The van der Waals surface area contributed by atoms with E-state index in [1.54, 1.807) is 6.07 Å². The van der Waals surface area contributed by atoms with Crippen LogP contribution in [-0.4, -0.2) is 32.9 Å². The maximum atomic E-state index is 12.4. The van der Waals surface area contributed by atoms with E-state index in [-0.39, 0.29) is 29.8 Å². The minimum absolute atomic E-state index is 0.0323. The van der Waals surface area contributed by atoms with Crippen LogP contribution in [0.4, 0.5) is 5.69 Å². The first kappa shape index (κ1) is 20.1. The Hall–Kier alpha value is -3.60. The average Bonchev–Trinajstić information content (AvgIpc) is 3.14. The van der Waals surface area contributed by atoms with Crippen LogP contribution in [0.2, 0.25) is 0 Å². The highest BCUT2D eigenvalue weighted by atomic mass is 32.1. The second-order valence-electron chi connectivity index (χ2n) is 6.05. The second-order valence-corrected chi connectivity index (χ2v) is 7.16. The molecule has 0 atom stereocenters. The number of thiophene rings is 1. The van der Waals surface area contributed by atoms with Gasteiger partial charge in [-0.2, -0.15) is 0 Å². The van der Waals surface area contributed by atoms with Crippen LogP contribution < -0.4 is 16.3 Å².